The van der Waals surface area contributed by atoms with Gasteiger partial charge in [0, 0.05) is 11.1 Å². The number of benzene rings is 1. The first-order valence-corrected chi connectivity index (χ1v) is 8.02. The van der Waals surface area contributed by atoms with Crippen LogP contribution in [0.1, 0.15) is 58.6 Å². The number of aliphatic hydroxyl groups excluding tert-OH is 1. The van der Waals surface area contributed by atoms with Crippen LogP contribution in [-0.4, -0.2) is 35.0 Å². The first kappa shape index (κ1) is 17.3. The van der Waals surface area contributed by atoms with Gasteiger partial charge in [0.05, 0.1) is 13.7 Å². The third kappa shape index (κ3) is 3.62. The molecule has 1 aromatic rings. The Morgan fingerprint density at radius 2 is 1.64 bits per heavy atom. The predicted octanol–water partition coefficient (Wildman–Crippen LogP) is 3.70. The van der Waals surface area contributed by atoms with Crippen LogP contribution >= 0.6 is 0 Å². The van der Waals surface area contributed by atoms with E-state index in [2.05, 4.69) is 32.8 Å². The fourth-order valence-corrected chi connectivity index (χ4v) is 3.41. The quantitative estimate of drug-likeness (QED) is 0.900. The molecule has 0 amide bonds. The van der Waals surface area contributed by atoms with Gasteiger partial charge in [0.25, 0.3) is 0 Å². The molecule has 1 N–H and O–H groups in total. The summed E-state index contributed by atoms with van der Waals surface area (Å²) in [4.78, 5) is 6.27. The normalized spacial score (nSPS) is 22.3. The Hall–Kier alpha value is -1.10. The zero-order valence-electron chi connectivity index (χ0n) is 14.4. The van der Waals surface area contributed by atoms with Gasteiger partial charge in [-0.2, -0.15) is 5.06 Å². The smallest absolute Gasteiger partial charge is 0.127 e. The van der Waals surface area contributed by atoms with Crippen molar-refractivity contribution >= 4 is 0 Å². The topological polar surface area (TPSA) is 41.9 Å². The minimum atomic E-state index is -0.359. The second-order valence-corrected chi connectivity index (χ2v) is 7.32. The van der Waals surface area contributed by atoms with Crippen molar-refractivity contribution in [2.24, 2.45) is 0 Å². The molecule has 0 saturated carbocycles. The Labute approximate surface area is 134 Å². The van der Waals surface area contributed by atoms with Crippen molar-refractivity contribution in [1.82, 2.24) is 5.06 Å². The fraction of sp³-hybridized carbons (Fsp3) is 0.667. The summed E-state index contributed by atoms with van der Waals surface area (Å²) in [6.45, 7) is 8.77. The van der Waals surface area contributed by atoms with Gasteiger partial charge in [-0.25, -0.2) is 0 Å². The average Bonchev–Trinajstić information content (AvgIpc) is 2.46. The van der Waals surface area contributed by atoms with E-state index in [1.54, 1.807) is 7.11 Å². The maximum Gasteiger partial charge on any atom is 0.127 e. The molecular formula is C18H29NO3. The van der Waals surface area contributed by atoms with Gasteiger partial charge in [0.15, 0.2) is 0 Å². The number of hydroxylamine groups is 2. The molecule has 0 radical (unpaired) electrons. The lowest BCUT2D eigenvalue weighted by Gasteiger charge is -2.52. The van der Waals surface area contributed by atoms with Gasteiger partial charge in [0.2, 0.25) is 0 Å². The summed E-state index contributed by atoms with van der Waals surface area (Å²) in [5.74, 6) is 0.805. The van der Waals surface area contributed by atoms with E-state index in [0.717, 1.165) is 24.2 Å². The van der Waals surface area contributed by atoms with Gasteiger partial charge in [-0.15, -0.1) is 0 Å². The van der Waals surface area contributed by atoms with Crippen molar-refractivity contribution < 1.29 is 14.7 Å². The van der Waals surface area contributed by atoms with E-state index in [0.29, 0.717) is 0 Å². The number of ether oxygens (including phenoxy) is 1. The zero-order valence-corrected chi connectivity index (χ0v) is 14.4. The molecule has 1 heterocycles. The minimum Gasteiger partial charge on any atom is -0.497 e. The minimum absolute atomic E-state index is 0.0400. The van der Waals surface area contributed by atoms with Gasteiger partial charge in [-0.3, -0.25) is 4.84 Å². The summed E-state index contributed by atoms with van der Waals surface area (Å²) in [6.07, 6.45) is 3.03. The number of methoxy groups -OCH3 is 1. The molecular weight excluding hydrogens is 278 g/mol. The van der Waals surface area contributed by atoms with E-state index in [1.165, 1.54) is 6.42 Å². The summed E-state index contributed by atoms with van der Waals surface area (Å²) in [6, 6.07) is 7.69. The maximum absolute atomic E-state index is 9.79. The molecule has 0 bridgehead atoms. The number of piperidine rings is 1. The second kappa shape index (κ2) is 6.57. The highest BCUT2D eigenvalue weighted by molar-refractivity contribution is 5.28. The number of rotatable bonds is 5. The Balaban J connectivity index is 2.20. The van der Waals surface area contributed by atoms with Crippen LogP contribution in [0.25, 0.3) is 0 Å². The SMILES string of the molecule is COc1ccc([C@@H](CO)ON2C(C)(C)CCCC2(C)C)cc1. The molecule has 0 unspecified atom stereocenters. The summed E-state index contributed by atoms with van der Waals surface area (Å²) < 4.78 is 5.18. The Morgan fingerprint density at radius 3 is 2.09 bits per heavy atom. The second-order valence-electron chi connectivity index (χ2n) is 7.32. The van der Waals surface area contributed by atoms with E-state index < -0.39 is 0 Å². The Morgan fingerprint density at radius 1 is 1.09 bits per heavy atom. The molecule has 1 aliphatic heterocycles. The van der Waals surface area contributed by atoms with Crippen molar-refractivity contribution in [3.63, 3.8) is 0 Å². The van der Waals surface area contributed by atoms with E-state index in [-0.39, 0.29) is 23.8 Å². The molecule has 0 spiro atoms. The van der Waals surface area contributed by atoms with Gasteiger partial charge < -0.3 is 9.84 Å². The predicted molar refractivity (Wildman–Crippen MR) is 87.8 cm³/mol. The highest BCUT2D eigenvalue weighted by Crippen LogP contribution is 2.40. The van der Waals surface area contributed by atoms with Crippen LogP contribution in [0.3, 0.4) is 0 Å². The van der Waals surface area contributed by atoms with Gasteiger partial charge >= 0.3 is 0 Å². The largest absolute Gasteiger partial charge is 0.497 e. The van der Waals surface area contributed by atoms with Crippen molar-refractivity contribution in [2.45, 2.75) is 64.1 Å². The van der Waals surface area contributed by atoms with Crippen LogP contribution in [0.15, 0.2) is 24.3 Å². The van der Waals surface area contributed by atoms with E-state index in [1.807, 2.05) is 24.3 Å². The number of hydrogen-bond donors (Lipinski definition) is 1. The molecule has 22 heavy (non-hydrogen) atoms. The maximum atomic E-state index is 9.79. The molecule has 1 aromatic carbocycles. The molecule has 4 nitrogen and oxygen atoms in total. The summed E-state index contributed by atoms with van der Waals surface area (Å²) in [7, 11) is 1.65. The monoisotopic (exact) mass is 307 g/mol. The molecule has 2 rings (SSSR count). The van der Waals surface area contributed by atoms with Crippen molar-refractivity contribution in [2.75, 3.05) is 13.7 Å². The third-order valence-electron chi connectivity index (χ3n) is 4.56. The van der Waals surface area contributed by atoms with E-state index in [9.17, 15) is 5.11 Å². The number of aliphatic hydroxyl groups is 1. The first-order valence-electron chi connectivity index (χ1n) is 8.02. The lowest BCUT2D eigenvalue weighted by atomic mass is 9.82. The molecule has 1 saturated heterocycles. The highest BCUT2D eigenvalue weighted by atomic mass is 16.7. The van der Waals surface area contributed by atoms with Gasteiger partial charge in [0.1, 0.15) is 11.9 Å². The molecule has 1 atom stereocenters. The van der Waals surface area contributed by atoms with E-state index >= 15 is 0 Å². The van der Waals surface area contributed by atoms with Crippen molar-refractivity contribution in [1.29, 1.82) is 0 Å². The Bertz CT molecular complexity index is 466. The molecule has 1 aliphatic rings. The van der Waals surface area contributed by atoms with Crippen LogP contribution in [0, 0.1) is 0 Å². The molecule has 124 valence electrons. The van der Waals surface area contributed by atoms with Crippen LogP contribution in [0.2, 0.25) is 0 Å². The molecule has 0 aliphatic carbocycles. The summed E-state index contributed by atoms with van der Waals surface area (Å²) >= 11 is 0. The molecule has 4 heteroatoms. The average molecular weight is 307 g/mol. The summed E-state index contributed by atoms with van der Waals surface area (Å²) in [5.41, 5.74) is 0.879. The van der Waals surface area contributed by atoms with Gasteiger partial charge in [-0.1, -0.05) is 12.1 Å². The molecule has 0 aromatic heterocycles. The van der Waals surface area contributed by atoms with Crippen molar-refractivity contribution in [3.05, 3.63) is 29.8 Å². The summed E-state index contributed by atoms with van der Waals surface area (Å²) in [5, 5.41) is 11.9. The van der Waals surface area contributed by atoms with Crippen LogP contribution in [0.5, 0.6) is 5.75 Å². The molecule has 1 fully saturated rings. The van der Waals surface area contributed by atoms with Gasteiger partial charge in [-0.05, 0) is 64.7 Å². The first-order chi connectivity index (χ1) is 10.3. The number of hydrogen-bond acceptors (Lipinski definition) is 4. The van der Waals surface area contributed by atoms with E-state index in [4.69, 9.17) is 9.57 Å². The number of nitrogens with zero attached hydrogens (tertiary/aromatic N) is 1. The van der Waals surface area contributed by atoms with Crippen LogP contribution in [-0.2, 0) is 4.84 Å². The Kier molecular flexibility index (Phi) is 5.15. The standard InChI is InChI=1S/C18H29NO3/c1-17(2)11-6-12-18(3,4)19(17)22-16(13-20)14-7-9-15(21-5)10-8-14/h7-10,16,20H,6,11-13H2,1-5H3/t16-/m1/s1. The fourth-order valence-electron chi connectivity index (χ4n) is 3.41. The lowest BCUT2D eigenvalue weighted by Crippen LogP contribution is -2.58. The van der Waals surface area contributed by atoms with Crippen LogP contribution < -0.4 is 4.74 Å². The lowest BCUT2D eigenvalue weighted by molar-refractivity contribution is -0.311. The van der Waals surface area contributed by atoms with Crippen LogP contribution in [0.4, 0.5) is 0 Å². The third-order valence-corrected chi connectivity index (χ3v) is 4.56. The highest BCUT2D eigenvalue weighted by Gasteiger charge is 2.43. The zero-order chi connectivity index (χ0) is 16.4. The van der Waals surface area contributed by atoms with Crippen molar-refractivity contribution in [3.8, 4) is 5.75 Å².